The Bertz CT molecular complexity index is 872. The van der Waals surface area contributed by atoms with Crippen LogP contribution in [0.15, 0.2) is 36.8 Å². The highest BCUT2D eigenvalue weighted by molar-refractivity contribution is 5.86. The number of methoxy groups -OCH3 is 1. The molecule has 1 unspecified atom stereocenters. The van der Waals surface area contributed by atoms with Crippen molar-refractivity contribution < 1.29 is 24.2 Å². The van der Waals surface area contributed by atoms with Crippen LogP contribution >= 0.6 is 0 Å². The van der Waals surface area contributed by atoms with E-state index in [9.17, 15) is 19.5 Å². The van der Waals surface area contributed by atoms with E-state index in [0.717, 1.165) is 5.56 Å². The first-order valence-corrected chi connectivity index (χ1v) is 9.96. The quantitative estimate of drug-likeness (QED) is 0.488. The van der Waals surface area contributed by atoms with Crippen LogP contribution in [-0.4, -0.2) is 64.1 Å². The Morgan fingerprint density at radius 3 is 2.39 bits per heavy atom. The SMILES string of the molecule is COC(=O)C(Cc1cnc[nH]1)NC(=O)CN(CC(=O)O)Cc1ccc(C(C)(C)C)cc1. The number of carboxylic acids is 1. The molecule has 2 aromatic rings. The smallest absolute Gasteiger partial charge is 0.328 e. The highest BCUT2D eigenvalue weighted by Gasteiger charge is 2.24. The molecule has 1 amide bonds. The van der Waals surface area contributed by atoms with Gasteiger partial charge in [0.15, 0.2) is 0 Å². The summed E-state index contributed by atoms with van der Waals surface area (Å²) < 4.78 is 4.77. The van der Waals surface area contributed by atoms with Crippen molar-refractivity contribution in [3.63, 3.8) is 0 Å². The summed E-state index contributed by atoms with van der Waals surface area (Å²) in [7, 11) is 1.24. The zero-order valence-electron chi connectivity index (χ0n) is 18.3. The fourth-order valence-electron chi connectivity index (χ4n) is 3.12. The molecule has 0 saturated carbocycles. The second kappa shape index (κ2) is 10.7. The fraction of sp³-hybridized carbons (Fsp3) is 0.455. The van der Waals surface area contributed by atoms with Crippen LogP contribution in [0.1, 0.15) is 37.6 Å². The molecule has 0 bridgehead atoms. The standard InChI is InChI=1S/C22H30N4O5/c1-22(2,3)16-7-5-15(6-8-16)11-26(13-20(28)29)12-19(27)25-18(21(30)31-4)9-17-10-23-14-24-17/h5-8,10,14,18H,9,11-13H2,1-4H3,(H,23,24)(H,25,27)(H,28,29). The number of carboxylic acid groups (broad SMARTS) is 1. The maximum Gasteiger partial charge on any atom is 0.328 e. The number of esters is 1. The first-order chi connectivity index (χ1) is 14.6. The molecule has 0 aliphatic rings. The van der Waals surface area contributed by atoms with Crippen molar-refractivity contribution in [3.8, 4) is 0 Å². The third-order valence-corrected chi connectivity index (χ3v) is 4.75. The van der Waals surface area contributed by atoms with Gasteiger partial charge in [0.1, 0.15) is 6.04 Å². The number of carbonyl (C=O) groups excluding carboxylic acids is 2. The number of hydrogen-bond acceptors (Lipinski definition) is 6. The van der Waals surface area contributed by atoms with Crippen LogP contribution in [-0.2, 0) is 37.5 Å². The number of imidazole rings is 1. The summed E-state index contributed by atoms with van der Waals surface area (Å²) in [5.74, 6) is -2.10. The van der Waals surface area contributed by atoms with Gasteiger partial charge in [-0.1, -0.05) is 45.0 Å². The topological polar surface area (TPSA) is 125 Å². The highest BCUT2D eigenvalue weighted by atomic mass is 16.5. The van der Waals surface area contributed by atoms with E-state index in [1.807, 2.05) is 24.3 Å². The van der Waals surface area contributed by atoms with E-state index in [-0.39, 0.29) is 31.5 Å². The number of nitrogens with one attached hydrogen (secondary N) is 2. The molecular formula is C22H30N4O5. The first-order valence-electron chi connectivity index (χ1n) is 9.96. The number of aromatic amines is 1. The normalized spacial score (nSPS) is 12.4. The number of nitrogens with zero attached hydrogens (tertiary/aromatic N) is 2. The van der Waals surface area contributed by atoms with Crippen LogP contribution in [0.3, 0.4) is 0 Å². The van der Waals surface area contributed by atoms with Gasteiger partial charge in [-0.15, -0.1) is 0 Å². The van der Waals surface area contributed by atoms with Crippen LogP contribution in [0.25, 0.3) is 0 Å². The number of H-pyrrole nitrogens is 1. The number of hydrogen-bond donors (Lipinski definition) is 3. The largest absolute Gasteiger partial charge is 0.480 e. The molecule has 0 aliphatic heterocycles. The Hall–Kier alpha value is -3.20. The van der Waals surface area contributed by atoms with Crippen molar-refractivity contribution >= 4 is 17.8 Å². The lowest BCUT2D eigenvalue weighted by atomic mass is 9.87. The Morgan fingerprint density at radius 1 is 1.19 bits per heavy atom. The minimum absolute atomic E-state index is 0.0106. The van der Waals surface area contributed by atoms with Crippen molar-refractivity contribution in [3.05, 3.63) is 53.6 Å². The van der Waals surface area contributed by atoms with Crippen LogP contribution in [0.4, 0.5) is 0 Å². The maximum atomic E-state index is 12.6. The summed E-state index contributed by atoms with van der Waals surface area (Å²) in [5, 5.41) is 11.9. The molecular weight excluding hydrogens is 400 g/mol. The van der Waals surface area contributed by atoms with E-state index < -0.39 is 23.9 Å². The molecule has 0 radical (unpaired) electrons. The number of ether oxygens (including phenoxy) is 1. The third-order valence-electron chi connectivity index (χ3n) is 4.75. The second-order valence-corrected chi connectivity index (χ2v) is 8.41. The van der Waals surface area contributed by atoms with E-state index in [0.29, 0.717) is 5.69 Å². The molecule has 1 atom stereocenters. The van der Waals surface area contributed by atoms with Crippen molar-refractivity contribution in [1.29, 1.82) is 0 Å². The van der Waals surface area contributed by atoms with Crippen molar-refractivity contribution in [2.45, 2.75) is 45.2 Å². The number of rotatable bonds is 10. The molecule has 9 heteroatoms. The van der Waals surface area contributed by atoms with Gasteiger partial charge in [-0.25, -0.2) is 9.78 Å². The number of aromatic nitrogens is 2. The van der Waals surface area contributed by atoms with Crippen molar-refractivity contribution in [2.75, 3.05) is 20.2 Å². The van der Waals surface area contributed by atoms with Gasteiger partial charge in [0.05, 0.1) is 26.5 Å². The van der Waals surface area contributed by atoms with E-state index in [2.05, 4.69) is 36.1 Å². The van der Waals surface area contributed by atoms with Crippen LogP contribution < -0.4 is 5.32 Å². The van der Waals surface area contributed by atoms with Gasteiger partial charge >= 0.3 is 11.9 Å². The fourth-order valence-corrected chi connectivity index (χ4v) is 3.12. The van der Waals surface area contributed by atoms with E-state index >= 15 is 0 Å². The summed E-state index contributed by atoms with van der Waals surface area (Å²) in [6.07, 6.45) is 3.22. The van der Waals surface area contributed by atoms with Crippen LogP contribution in [0.2, 0.25) is 0 Å². The Morgan fingerprint density at radius 2 is 1.87 bits per heavy atom. The highest BCUT2D eigenvalue weighted by Crippen LogP contribution is 2.22. The third kappa shape index (κ3) is 7.86. The molecule has 2 rings (SSSR count). The maximum absolute atomic E-state index is 12.6. The van der Waals surface area contributed by atoms with Crippen LogP contribution in [0, 0.1) is 0 Å². The second-order valence-electron chi connectivity index (χ2n) is 8.41. The molecule has 0 fully saturated rings. The molecule has 0 spiro atoms. The molecule has 168 valence electrons. The predicted octanol–water partition coefficient (Wildman–Crippen LogP) is 1.49. The molecule has 3 N–H and O–H groups in total. The molecule has 9 nitrogen and oxygen atoms in total. The minimum Gasteiger partial charge on any atom is -0.480 e. The summed E-state index contributed by atoms with van der Waals surface area (Å²) >= 11 is 0. The first kappa shape index (κ1) is 24.1. The van der Waals surface area contributed by atoms with Gasteiger partial charge in [-0.3, -0.25) is 14.5 Å². The monoisotopic (exact) mass is 430 g/mol. The lowest BCUT2D eigenvalue weighted by Crippen LogP contribution is -2.47. The predicted molar refractivity (Wildman–Crippen MR) is 114 cm³/mol. The number of amides is 1. The Kier molecular flexibility index (Phi) is 8.32. The molecule has 1 heterocycles. The zero-order chi connectivity index (χ0) is 23.0. The van der Waals surface area contributed by atoms with E-state index in [4.69, 9.17) is 4.74 Å². The van der Waals surface area contributed by atoms with Gasteiger partial charge in [-0.2, -0.15) is 0 Å². The molecule has 0 saturated heterocycles. The number of carbonyl (C=O) groups is 3. The average Bonchev–Trinajstić information content (AvgIpc) is 3.19. The van der Waals surface area contributed by atoms with Gasteiger partial charge in [0, 0.05) is 24.9 Å². The lowest BCUT2D eigenvalue weighted by molar-refractivity contribution is -0.145. The van der Waals surface area contributed by atoms with Crippen molar-refractivity contribution in [1.82, 2.24) is 20.2 Å². The Labute approximate surface area is 181 Å². The Balaban J connectivity index is 2.05. The lowest BCUT2D eigenvalue weighted by Gasteiger charge is -2.23. The summed E-state index contributed by atoms with van der Waals surface area (Å²) in [5.41, 5.74) is 2.73. The van der Waals surface area contributed by atoms with Gasteiger partial charge in [-0.05, 0) is 16.5 Å². The number of aliphatic carboxylic acids is 1. The van der Waals surface area contributed by atoms with Gasteiger partial charge < -0.3 is 20.1 Å². The summed E-state index contributed by atoms with van der Waals surface area (Å²) in [6.45, 7) is 6.15. The molecule has 0 aliphatic carbocycles. The van der Waals surface area contributed by atoms with Gasteiger partial charge in [0.25, 0.3) is 0 Å². The van der Waals surface area contributed by atoms with Crippen LogP contribution in [0.5, 0.6) is 0 Å². The molecule has 1 aromatic heterocycles. The molecule has 1 aromatic carbocycles. The van der Waals surface area contributed by atoms with E-state index in [1.165, 1.54) is 23.9 Å². The van der Waals surface area contributed by atoms with E-state index in [1.54, 1.807) is 6.20 Å². The average molecular weight is 431 g/mol. The molecule has 31 heavy (non-hydrogen) atoms. The number of benzene rings is 1. The van der Waals surface area contributed by atoms with Gasteiger partial charge in [0.2, 0.25) is 5.91 Å². The zero-order valence-corrected chi connectivity index (χ0v) is 18.3. The van der Waals surface area contributed by atoms with Crippen molar-refractivity contribution in [2.24, 2.45) is 0 Å². The summed E-state index contributed by atoms with van der Waals surface area (Å²) in [4.78, 5) is 44.2. The summed E-state index contributed by atoms with van der Waals surface area (Å²) in [6, 6.07) is 6.97. The minimum atomic E-state index is -1.04.